The van der Waals surface area contributed by atoms with Gasteiger partial charge in [-0.3, -0.25) is 0 Å². The fraction of sp³-hybridized carbons (Fsp3) is 0.500. The molecule has 1 fully saturated rings. The molecule has 2 atom stereocenters. The fourth-order valence-corrected chi connectivity index (χ4v) is 2.26. The summed E-state index contributed by atoms with van der Waals surface area (Å²) in [4.78, 5) is 0. The zero-order valence-corrected chi connectivity index (χ0v) is 10.3. The first kappa shape index (κ1) is 11.3. The Morgan fingerprint density at radius 1 is 1.33 bits per heavy atom. The predicted molar refractivity (Wildman–Crippen MR) is 65.9 cm³/mol. The van der Waals surface area contributed by atoms with Crippen molar-refractivity contribution in [3.63, 3.8) is 0 Å². The molecule has 0 amide bonds. The van der Waals surface area contributed by atoms with Gasteiger partial charge < -0.3 is 5.32 Å². The summed E-state index contributed by atoms with van der Waals surface area (Å²) in [6.07, 6.45) is 1.27. The van der Waals surface area contributed by atoms with Crippen molar-refractivity contribution in [2.45, 2.75) is 19.3 Å². The van der Waals surface area contributed by atoms with E-state index in [1.165, 1.54) is 12.0 Å². The van der Waals surface area contributed by atoms with Crippen molar-refractivity contribution in [1.82, 2.24) is 5.32 Å². The van der Waals surface area contributed by atoms with Crippen LogP contribution in [0.2, 0.25) is 10.0 Å². The van der Waals surface area contributed by atoms with E-state index in [4.69, 9.17) is 23.2 Å². The Balaban J connectivity index is 1.98. The lowest BCUT2D eigenvalue weighted by atomic mass is 10.1. The molecule has 82 valence electrons. The first-order valence-electron chi connectivity index (χ1n) is 5.38. The summed E-state index contributed by atoms with van der Waals surface area (Å²) in [6.45, 7) is 4.29. The van der Waals surface area contributed by atoms with E-state index < -0.39 is 0 Å². The highest BCUT2D eigenvalue weighted by molar-refractivity contribution is 6.42. The molecule has 1 aliphatic rings. The number of rotatable bonds is 4. The molecule has 1 aromatic rings. The molecule has 3 heteroatoms. The molecular weight excluding hydrogens is 229 g/mol. The van der Waals surface area contributed by atoms with Gasteiger partial charge in [0, 0.05) is 0 Å². The second-order valence-electron chi connectivity index (χ2n) is 4.08. The summed E-state index contributed by atoms with van der Waals surface area (Å²) in [6, 6.07) is 5.98. The van der Waals surface area contributed by atoms with Gasteiger partial charge >= 0.3 is 0 Å². The Labute approximate surface area is 101 Å². The van der Waals surface area contributed by atoms with Gasteiger partial charge in [0.2, 0.25) is 0 Å². The summed E-state index contributed by atoms with van der Waals surface area (Å²) < 4.78 is 0. The van der Waals surface area contributed by atoms with Crippen LogP contribution in [0.5, 0.6) is 0 Å². The summed E-state index contributed by atoms with van der Waals surface area (Å²) in [5.41, 5.74) is 1.33. The average Bonchev–Trinajstić information content (AvgIpc) is 2.98. The van der Waals surface area contributed by atoms with E-state index in [2.05, 4.69) is 18.3 Å². The Morgan fingerprint density at radius 2 is 2.13 bits per heavy atom. The lowest BCUT2D eigenvalue weighted by Gasteiger charge is -2.03. The summed E-state index contributed by atoms with van der Waals surface area (Å²) in [7, 11) is 0. The monoisotopic (exact) mass is 243 g/mol. The van der Waals surface area contributed by atoms with Gasteiger partial charge in [-0.15, -0.1) is 0 Å². The van der Waals surface area contributed by atoms with Crippen LogP contribution in [0.3, 0.4) is 0 Å². The Hall–Kier alpha value is -0.240. The van der Waals surface area contributed by atoms with Crippen LogP contribution >= 0.6 is 23.2 Å². The van der Waals surface area contributed by atoms with E-state index in [0.29, 0.717) is 16.0 Å². The number of hydrogen-bond donors (Lipinski definition) is 1. The minimum atomic E-state index is 0.643. The van der Waals surface area contributed by atoms with Crippen LogP contribution in [0.1, 0.15) is 24.8 Å². The van der Waals surface area contributed by atoms with Gasteiger partial charge in [0.1, 0.15) is 0 Å². The largest absolute Gasteiger partial charge is 0.317 e. The maximum absolute atomic E-state index is 5.99. The van der Waals surface area contributed by atoms with Gasteiger partial charge in [0.25, 0.3) is 0 Å². The third kappa shape index (κ3) is 2.66. The van der Waals surface area contributed by atoms with Crippen molar-refractivity contribution >= 4 is 23.2 Å². The molecule has 0 saturated heterocycles. The van der Waals surface area contributed by atoms with Crippen molar-refractivity contribution in [3.05, 3.63) is 33.8 Å². The Bertz CT molecular complexity index is 351. The normalized spacial score (nSPS) is 24.2. The lowest BCUT2D eigenvalue weighted by Crippen LogP contribution is -2.16. The maximum atomic E-state index is 5.99. The van der Waals surface area contributed by atoms with Gasteiger partial charge in [0.15, 0.2) is 0 Å². The molecule has 1 N–H and O–H groups in total. The molecule has 1 nitrogen and oxygen atoms in total. The number of halogens is 2. The van der Waals surface area contributed by atoms with Gasteiger partial charge in [-0.2, -0.15) is 0 Å². The zero-order chi connectivity index (χ0) is 10.8. The first-order chi connectivity index (χ1) is 7.22. The number of benzene rings is 1. The van der Waals surface area contributed by atoms with Crippen LogP contribution in [0.15, 0.2) is 18.2 Å². The molecule has 0 bridgehead atoms. The van der Waals surface area contributed by atoms with Gasteiger partial charge in [0.05, 0.1) is 10.0 Å². The molecule has 0 heterocycles. The van der Waals surface area contributed by atoms with Crippen LogP contribution in [0.25, 0.3) is 0 Å². The smallest absolute Gasteiger partial charge is 0.0595 e. The molecule has 15 heavy (non-hydrogen) atoms. The quantitative estimate of drug-likeness (QED) is 0.851. The highest BCUT2D eigenvalue weighted by Crippen LogP contribution is 2.47. The fourth-order valence-electron chi connectivity index (χ4n) is 1.95. The minimum Gasteiger partial charge on any atom is -0.317 e. The molecule has 2 rings (SSSR count). The van der Waals surface area contributed by atoms with Gasteiger partial charge in [-0.1, -0.05) is 36.2 Å². The topological polar surface area (TPSA) is 12.0 Å². The Kier molecular flexibility index (Phi) is 3.55. The summed E-state index contributed by atoms with van der Waals surface area (Å²) in [5, 5.41) is 4.69. The number of hydrogen-bond acceptors (Lipinski definition) is 1. The molecule has 0 spiro atoms. The van der Waals surface area contributed by atoms with E-state index in [-0.39, 0.29) is 0 Å². The molecule has 1 aliphatic carbocycles. The van der Waals surface area contributed by atoms with Crippen molar-refractivity contribution in [2.24, 2.45) is 5.92 Å². The highest BCUT2D eigenvalue weighted by atomic mass is 35.5. The van der Waals surface area contributed by atoms with Crippen molar-refractivity contribution in [2.75, 3.05) is 13.1 Å². The molecule has 0 aliphatic heterocycles. The number of nitrogens with one attached hydrogen (secondary N) is 1. The molecule has 0 radical (unpaired) electrons. The van der Waals surface area contributed by atoms with E-state index in [9.17, 15) is 0 Å². The molecule has 1 saturated carbocycles. The molecule has 2 unspecified atom stereocenters. The third-order valence-electron chi connectivity index (χ3n) is 2.95. The average molecular weight is 244 g/mol. The van der Waals surface area contributed by atoms with E-state index in [1.807, 2.05) is 12.1 Å². The second-order valence-corrected chi connectivity index (χ2v) is 4.90. The zero-order valence-electron chi connectivity index (χ0n) is 8.76. The van der Waals surface area contributed by atoms with Crippen molar-refractivity contribution in [3.8, 4) is 0 Å². The van der Waals surface area contributed by atoms with Crippen LogP contribution in [-0.4, -0.2) is 13.1 Å². The first-order valence-corrected chi connectivity index (χ1v) is 6.13. The summed E-state index contributed by atoms with van der Waals surface area (Å²) >= 11 is 11.9. The summed E-state index contributed by atoms with van der Waals surface area (Å²) in [5.74, 6) is 1.46. The van der Waals surface area contributed by atoms with E-state index in [0.717, 1.165) is 19.0 Å². The Morgan fingerprint density at radius 3 is 2.80 bits per heavy atom. The standard InChI is InChI=1S/C12H15Cl2N/c1-2-15-7-9-5-10(9)8-3-4-11(13)12(14)6-8/h3-4,6,9-10,15H,2,5,7H2,1H3. The van der Waals surface area contributed by atoms with Crippen LogP contribution in [0.4, 0.5) is 0 Å². The van der Waals surface area contributed by atoms with Crippen LogP contribution in [-0.2, 0) is 0 Å². The van der Waals surface area contributed by atoms with E-state index in [1.54, 1.807) is 0 Å². The van der Waals surface area contributed by atoms with Crippen molar-refractivity contribution in [1.29, 1.82) is 0 Å². The third-order valence-corrected chi connectivity index (χ3v) is 3.69. The van der Waals surface area contributed by atoms with Crippen LogP contribution in [0, 0.1) is 5.92 Å². The predicted octanol–water partition coefficient (Wildman–Crippen LogP) is 3.71. The minimum absolute atomic E-state index is 0.643. The SMILES string of the molecule is CCNCC1CC1c1ccc(Cl)c(Cl)c1. The molecular formula is C12H15Cl2N. The second kappa shape index (κ2) is 4.73. The molecule has 1 aromatic carbocycles. The lowest BCUT2D eigenvalue weighted by molar-refractivity contribution is 0.649. The van der Waals surface area contributed by atoms with Crippen LogP contribution < -0.4 is 5.32 Å². The molecule has 0 aromatic heterocycles. The highest BCUT2D eigenvalue weighted by Gasteiger charge is 2.37. The van der Waals surface area contributed by atoms with Crippen molar-refractivity contribution < 1.29 is 0 Å². The maximum Gasteiger partial charge on any atom is 0.0595 e. The van der Waals surface area contributed by atoms with Gasteiger partial charge in [-0.05, 0) is 49.0 Å². The van der Waals surface area contributed by atoms with E-state index >= 15 is 0 Å². The van der Waals surface area contributed by atoms with Gasteiger partial charge in [-0.25, -0.2) is 0 Å².